The molecule has 5 heteroatoms. The molecule has 0 aliphatic carbocycles. The average Bonchev–Trinajstić information content (AvgIpc) is 2.93. The lowest BCUT2D eigenvalue weighted by Gasteiger charge is -2.12. The molecule has 0 saturated heterocycles. The molecule has 1 N–H and O–H groups in total. The van der Waals surface area contributed by atoms with Crippen LogP contribution in [0.25, 0.3) is 22.2 Å². The second-order valence-corrected chi connectivity index (χ2v) is 7.59. The zero-order chi connectivity index (χ0) is 17.6. The highest BCUT2D eigenvalue weighted by molar-refractivity contribution is 9.10. The zero-order valence-corrected chi connectivity index (χ0v) is 15.5. The lowest BCUT2D eigenvalue weighted by Crippen LogP contribution is -2.11. The number of aromatic hydroxyl groups is 1. The van der Waals surface area contributed by atoms with Crippen molar-refractivity contribution in [2.45, 2.75) is 33.1 Å². The number of fused-ring (bicyclic) bond motifs is 1. The number of rotatable bonds is 1. The van der Waals surface area contributed by atoms with Gasteiger partial charge in [0.05, 0.1) is 10.0 Å². The number of nitrogens with zero attached hydrogens (tertiary/aromatic N) is 2. The van der Waals surface area contributed by atoms with Crippen LogP contribution in [0.2, 0.25) is 0 Å². The Bertz CT molecular complexity index is 991. The number of benzene rings is 2. The van der Waals surface area contributed by atoms with E-state index in [2.05, 4.69) is 27.0 Å². The number of hydrogen-bond acceptors (Lipinski definition) is 4. The Morgan fingerprint density at radius 2 is 2.00 bits per heavy atom. The fourth-order valence-electron chi connectivity index (χ4n) is 2.68. The van der Waals surface area contributed by atoms with E-state index < -0.39 is 0 Å². The quantitative estimate of drug-likeness (QED) is 0.606. The maximum absolute atomic E-state index is 9.79. The zero-order valence-electron chi connectivity index (χ0n) is 13.9. The van der Waals surface area contributed by atoms with Gasteiger partial charge in [0.2, 0.25) is 5.89 Å². The van der Waals surface area contributed by atoms with Crippen LogP contribution >= 0.6 is 15.9 Å². The second kappa shape index (κ2) is 5.64. The highest BCUT2D eigenvalue weighted by Gasteiger charge is 2.26. The fourth-order valence-corrected chi connectivity index (χ4v) is 3.48. The molecule has 122 valence electrons. The van der Waals surface area contributed by atoms with Gasteiger partial charge in [-0.3, -0.25) is 0 Å². The van der Waals surface area contributed by atoms with Crippen molar-refractivity contribution >= 4 is 27.0 Å². The van der Waals surface area contributed by atoms with Gasteiger partial charge in [-0.15, -0.1) is 0 Å². The first-order chi connectivity index (χ1) is 11.2. The topological polar surface area (TPSA) is 70.1 Å². The number of oxazole rings is 1. The molecule has 0 atom stereocenters. The number of hydrogen-bond donors (Lipinski definition) is 1. The molecule has 0 aliphatic rings. The van der Waals surface area contributed by atoms with Crippen molar-refractivity contribution in [2.24, 2.45) is 0 Å². The number of phenolic OH excluding ortho intramolecular Hbond substituents is 1. The minimum absolute atomic E-state index is 0.172. The molecule has 24 heavy (non-hydrogen) atoms. The van der Waals surface area contributed by atoms with E-state index in [1.165, 1.54) is 0 Å². The first kappa shape index (κ1) is 16.5. The predicted octanol–water partition coefficient (Wildman–Crippen LogP) is 5.44. The third-order valence-electron chi connectivity index (χ3n) is 3.92. The SMILES string of the molecule is Cc1c(-c2cccc(O)c2)c(Br)c2oc(C(C)(C)C)nc2c1C#N. The van der Waals surface area contributed by atoms with Gasteiger partial charge in [-0.05, 0) is 46.1 Å². The first-order valence-electron chi connectivity index (χ1n) is 7.56. The van der Waals surface area contributed by atoms with Gasteiger partial charge in [0, 0.05) is 11.0 Å². The molecule has 0 saturated carbocycles. The predicted molar refractivity (Wildman–Crippen MR) is 97.0 cm³/mol. The normalized spacial score (nSPS) is 11.7. The van der Waals surface area contributed by atoms with Crippen LogP contribution in [0, 0.1) is 18.3 Å². The van der Waals surface area contributed by atoms with E-state index in [1.807, 2.05) is 33.8 Å². The molecule has 0 amide bonds. The molecule has 0 spiro atoms. The number of halogens is 1. The third kappa shape index (κ3) is 2.57. The van der Waals surface area contributed by atoms with Crippen molar-refractivity contribution in [2.75, 3.05) is 0 Å². The van der Waals surface area contributed by atoms with Crippen LogP contribution in [0.5, 0.6) is 5.75 Å². The maximum Gasteiger partial charge on any atom is 0.200 e. The van der Waals surface area contributed by atoms with Crippen molar-refractivity contribution in [3.63, 3.8) is 0 Å². The number of nitriles is 1. The Morgan fingerprint density at radius 3 is 2.58 bits per heavy atom. The Hall–Kier alpha value is -2.32. The molecule has 4 nitrogen and oxygen atoms in total. The highest BCUT2D eigenvalue weighted by atomic mass is 79.9. The van der Waals surface area contributed by atoms with E-state index in [0.29, 0.717) is 22.6 Å². The van der Waals surface area contributed by atoms with Gasteiger partial charge < -0.3 is 9.52 Å². The summed E-state index contributed by atoms with van der Waals surface area (Å²) in [7, 11) is 0. The van der Waals surface area contributed by atoms with Gasteiger partial charge in [0.25, 0.3) is 0 Å². The summed E-state index contributed by atoms with van der Waals surface area (Å²) in [6.45, 7) is 7.93. The molecule has 0 radical (unpaired) electrons. The van der Waals surface area contributed by atoms with Crippen LogP contribution in [0.1, 0.15) is 37.8 Å². The minimum Gasteiger partial charge on any atom is -0.508 e. The standard InChI is InChI=1S/C19H17BrN2O2/c1-10-13(9-21)16-17(24-18(22-16)19(2,3)4)15(20)14(10)11-6-5-7-12(23)8-11/h5-8,23H,1-4H3. The summed E-state index contributed by atoms with van der Waals surface area (Å²) < 4.78 is 6.72. The second-order valence-electron chi connectivity index (χ2n) is 6.80. The van der Waals surface area contributed by atoms with Gasteiger partial charge >= 0.3 is 0 Å². The van der Waals surface area contributed by atoms with Crippen LogP contribution in [-0.4, -0.2) is 10.1 Å². The van der Waals surface area contributed by atoms with Crippen molar-refractivity contribution in [1.29, 1.82) is 5.26 Å². The molecule has 3 aromatic rings. The Balaban J connectivity index is 2.42. The van der Waals surface area contributed by atoms with Crippen LogP contribution in [0.4, 0.5) is 0 Å². The van der Waals surface area contributed by atoms with Gasteiger partial charge in [0.15, 0.2) is 5.58 Å². The van der Waals surface area contributed by atoms with Crippen LogP contribution in [0.15, 0.2) is 33.2 Å². The molecular formula is C19H17BrN2O2. The lowest BCUT2D eigenvalue weighted by molar-refractivity contribution is 0.410. The molecule has 2 aromatic carbocycles. The summed E-state index contributed by atoms with van der Waals surface area (Å²) in [5, 5.41) is 19.4. The van der Waals surface area contributed by atoms with Gasteiger partial charge in [-0.1, -0.05) is 32.9 Å². The summed E-state index contributed by atoms with van der Waals surface area (Å²) in [6.07, 6.45) is 0. The molecule has 0 aliphatic heterocycles. The van der Waals surface area contributed by atoms with Crippen LogP contribution < -0.4 is 0 Å². The van der Waals surface area contributed by atoms with Crippen LogP contribution in [-0.2, 0) is 5.41 Å². The Kier molecular flexibility index (Phi) is 3.89. The average molecular weight is 385 g/mol. The van der Waals surface area contributed by atoms with Crippen molar-refractivity contribution in [1.82, 2.24) is 4.98 Å². The van der Waals surface area contributed by atoms with E-state index in [4.69, 9.17) is 4.42 Å². The molecule has 0 unspecified atom stereocenters. The highest BCUT2D eigenvalue weighted by Crippen LogP contribution is 2.42. The van der Waals surface area contributed by atoms with Crippen molar-refractivity contribution in [3.05, 3.63) is 45.8 Å². The lowest BCUT2D eigenvalue weighted by atomic mass is 9.95. The largest absolute Gasteiger partial charge is 0.508 e. The number of phenols is 1. The van der Waals surface area contributed by atoms with Crippen LogP contribution in [0.3, 0.4) is 0 Å². The minimum atomic E-state index is -0.260. The molecule has 1 heterocycles. The summed E-state index contributed by atoms with van der Waals surface area (Å²) in [6, 6.07) is 9.19. The molecule has 3 rings (SSSR count). The summed E-state index contributed by atoms with van der Waals surface area (Å²) in [4.78, 5) is 4.56. The Morgan fingerprint density at radius 1 is 1.29 bits per heavy atom. The molecule has 0 bridgehead atoms. The molecule has 0 fully saturated rings. The van der Waals surface area contributed by atoms with Gasteiger partial charge in [-0.2, -0.15) is 5.26 Å². The fraction of sp³-hybridized carbons (Fsp3) is 0.263. The van der Waals surface area contributed by atoms with Crippen molar-refractivity contribution < 1.29 is 9.52 Å². The number of aromatic nitrogens is 1. The summed E-state index contributed by atoms with van der Waals surface area (Å²) >= 11 is 3.61. The van der Waals surface area contributed by atoms with Crippen molar-refractivity contribution in [3.8, 4) is 22.9 Å². The smallest absolute Gasteiger partial charge is 0.200 e. The Labute approximate surface area is 148 Å². The van der Waals surface area contributed by atoms with E-state index in [1.54, 1.807) is 18.2 Å². The monoisotopic (exact) mass is 384 g/mol. The van der Waals surface area contributed by atoms with E-state index >= 15 is 0 Å². The summed E-state index contributed by atoms with van der Waals surface area (Å²) in [5.41, 5.74) is 3.79. The van der Waals surface area contributed by atoms with Gasteiger partial charge in [0.1, 0.15) is 17.3 Å². The van der Waals surface area contributed by atoms with E-state index in [9.17, 15) is 10.4 Å². The van der Waals surface area contributed by atoms with E-state index in [0.717, 1.165) is 21.2 Å². The van der Waals surface area contributed by atoms with Gasteiger partial charge in [-0.25, -0.2) is 4.98 Å². The third-order valence-corrected chi connectivity index (χ3v) is 4.68. The maximum atomic E-state index is 9.79. The summed E-state index contributed by atoms with van der Waals surface area (Å²) in [5.74, 6) is 0.757. The first-order valence-corrected chi connectivity index (χ1v) is 8.36. The van der Waals surface area contributed by atoms with E-state index in [-0.39, 0.29) is 11.2 Å². The molecular weight excluding hydrogens is 368 g/mol. The molecule has 1 aromatic heterocycles.